The molecule has 0 bridgehead atoms. The number of carboxylic acids is 1. The van der Waals surface area contributed by atoms with Crippen molar-refractivity contribution in [2.45, 2.75) is 5.16 Å². The zero-order chi connectivity index (χ0) is 20.2. The zero-order valence-corrected chi connectivity index (χ0v) is 15.8. The molecule has 1 amide bonds. The zero-order valence-electron chi connectivity index (χ0n) is 15.0. The lowest BCUT2D eigenvalue weighted by Crippen LogP contribution is -2.15. The number of benzene rings is 3. The lowest BCUT2D eigenvalue weighted by molar-refractivity contribution is -0.113. The molecule has 0 aliphatic rings. The first kappa shape index (κ1) is 18.6. The number of carboxylic acid groups (broad SMARTS) is 1. The van der Waals surface area contributed by atoms with Crippen LogP contribution in [-0.4, -0.2) is 42.9 Å². The Labute approximate surface area is 169 Å². The van der Waals surface area contributed by atoms with Crippen molar-refractivity contribution in [3.63, 3.8) is 0 Å². The molecule has 4 aromatic rings. The molecular formula is C20H15N5O3S. The van der Waals surface area contributed by atoms with E-state index in [-0.39, 0.29) is 17.2 Å². The van der Waals surface area contributed by atoms with Crippen LogP contribution in [0.1, 0.15) is 10.4 Å². The number of hydrogen-bond acceptors (Lipinski definition) is 6. The molecule has 3 aromatic carbocycles. The van der Waals surface area contributed by atoms with Gasteiger partial charge in [-0.3, -0.25) is 4.79 Å². The second kappa shape index (κ2) is 8.11. The largest absolute Gasteiger partial charge is 0.478 e. The second-order valence-electron chi connectivity index (χ2n) is 6.09. The first-order chi connectivity index (χ1) is 14.1. The molecular weight excluding hydrogens is 390 g/mol. The van der Waals surface area contributed by atoms with E-state index >= 15 is 0 Å². The molecule has 0 aliphatic heterocycles. The third-order valence-corrected chi connectivity index (χ3v) is 5.12. The van der Waals surface area contributed by atoms with Gasteiger partial charge in [-0.1, -0.05) is 48.2 Å². The van der Waals surface area contributed by atoms with Crippen molar-refractivity contribution in [1.82, 2.24) is 20.2 Å². The summed E-state index contributed by atoms with van der Waals surface area (Å²) >= 11 is 1.19. The molecule has 4 rings (SSSR count). The molecule has 1 aromatic heterocycles. The van der Waals surface area contributed by atoms with Gasteiger partial charge in [-0.05, 0) is 46.1 Å². The number of carbonyl (C=O) groups excluding carboxylic acids is 1. The van der Waals surface area contributed by atoms with Gasteiger partial charge < -0.3 is 10.4 Å². The lowest BCUT2D eigenvalue weighted by Gasteiger charge is -2.09. The fraction of sp³-hybridized carbons (Fsp3) is 0.0500. The van der Waals surface area contributed by atoms with Crippen molar-refractivity contribution in [3.8, 4) is 5.69 Å². The highest BCUT2D eigenvalue weighted by Crippen LogP contribution is 2.24. The van der Waals surface area contributed by atoms with Gasteiger partial charge in [0.25, 0.3) is 0 Å². The number of tetrazole rings is 1. The van der Waals surface area contributed by atoms with E-state index in [1.807, 2.05) is 42.5 Å². The average molecular weight is 405 g/mol. The van der Waals surface area contributed by atoms with E-state index in [2.05, 4.69) is 20.8 Å². The highest BCUT2D eigenvalue weighted by molar-refractivity contribution is 7.99. The molecule has 0 aliphatic carbocycles. The van der Waals surface area contributed by atoms with Gasteiger partial charge in [-0.25, -0.2) is 4.79 Å². The minimum absolute atomic E-state index is 0.122. The van der Waals surface area contributed by atoms with Crippen LogP contribution >= 0.6 is 11.8 Å². The third kappa shape index (κ3) is 4.09. The number of amides is 1. The monoisotopic (exact) mass is 405 g/mol. The van der Waals surface area contributed by atoms with E-state index in [9.17, 15) is 9.59 Å². The molecule has 144 valence electrons. The summed E-state index contributed by atoms with van der Waals surface area (Å²) in [5.74, 6) is -1.06. The third-order valence-electron chi connectivity index (χ3n) is 4.20. The number of thioether (sulfide) groups is 1. The lowest BCUT2D eigenvalue weighted by atomic mass is 10.1. The van der Waals surface area contributed by atoms with Gasteiger partial charge in [0.15, 0.2) is 0 Å². The minimum Gasteiger partial charge on any atom is -0.478 e. The summed E-state index contributed by atoms with van der Waals surface area (Å²) in [6, 6.07) is 19.7. The van der Waals surface area contributed by atoms with Crippen LogP contribution in [0, 0.1) is 0 Å². The van der Waals surface area contributed by atoms with Crippen molar-refractivity contribution in [2.75, 3.05) is 11.1 Å². The summed E-state index contributed by atoms with van der Waals surface area (Å²) in [5, 5.41) is 25.9. The van der Waals surface area contributed by atoms with Crippen molar-refractivity contribution < 1.29 is 14.7 Å². The van der Waals surface area contributed by atoms with Gasteiger partial charge >= 0.3 is 5.97 Å². The summed E-state index contributed by atoms with van der Waals surface area (Å²) in [5.41, 5.74) is 1.53. The Balaban J connectivity index is 1.45. The molecule has 0 unspecified atom stereocenters. The fourth-order valence-corrected chi connectivity index (χ4v) is 3.52. The molecule has 8 nitrogen and oxygen atoms in total. The Hall–Kier alpha value is -3.72. The summed E-state index contributed by atoms with van der Waals surface area (Å²) < 4.78 is 1.46. The second-order valence-corrected chi connectivity index (χ2v) is 7.03. The van der Waals surface area contributed by atoms with E-state index < -0.39 is 5.97 Å². The normalized spacial score (nSPS) is 10.8. The van der Waals surface area contributed by atoms with Gasteiger partial charge in [0.05, 0.1) is 17.0 Å². The summed E-state index contributed by atoms with van der Waals surface area (Å²) in [6.45, 7) is 0. The van der Waals surface area contributed by atoms with Crippen molar-refractivity contribution in [3.05, 3.63) is 72.3 Å². The van der Waals surface area contributed by atoms with Crippen LogP contribution in [-0.2, 0) is 4.79 Å². The molecule has 0 spiro atoms. The number of aromatic carboxylic acids is 1. The Bertz CT molecular complexity index is 1180. The van der Waals surface area contributed by atoms with Gasteiger partial charge in [-0.2, -0.15) is 4.68 Å². The quantitative estimate of drug-likeness (QED) is 0.474. The van der Waals surface area contributed by atoms with Crippen LogP contribution in [0.3, 0.4) is 0 Å². The molecule has 1 heterocycles. The maximum Gasteiger partial charge on any atom is 0.335 e. The van der Waals surface area contributed by atoms with Crippen molar-refractivity contribution in [2.24, 2.45) is 0 Å². The van der Waals surface area contributed by atoms with Crippen LogP contribution in [0.15, 0.2) is 71.9 Å². The molecule has 2 N–H and O–H groups in total. The number of carbonyl (C=O) groups is 2. The maximum atomic E-state index is 12.4. The van der Waals surface area contributed by atoms with Crippen LogP contribution in [0.4, 0.5) is 5.69 Å². The number of fused-ring (bicyclic) bond motifs is 1. The Kier molecular flexibility index (Phi) is 5.21. The Morgan fingerprint density at radius 2 is 1.76 bits per heavy atom. The van der Waals surface area contributed by atoms with Gasteiger partial charge in [0.2, 0.25) is 11.1 Å². The van der Waals surface area contributed by atoms with E-state index in [1.54, 1.807) is 12.1 Å². The fourth-order valence-electron chi connectivity index (χ4n) is 2.83. The van der Waals surface area contributed by atoms with Crippen LogP contribution in [0.5, 0.6) is 0 Å². The molecule has 0 saturated carbocycles. The predicted molar refractivity (Wildman–Crippen MR) is 109 cm³/mol. The molecule has 9 heteroatoms. The van der Waals surface area contributed by atoms with E-state index in [0.717, 1.165) is 16.5 Å². The highest BCUT2D eigenvalue weighted by atomic mass is 32.2. The standard InChI is InChI=1S/C20H15N5O3S/c26-18(21-17-7-3-5-13-4-1-2-6-16(13)17)12-29-20-22-23-24-25(20)15-10-8-14(9-11-15)19(27)28/h1-11H,12H2,(H,21,26)(H,27,28). The van der Waals surface area contributed by atoms with Crippen LogP contribution in [0.2, 0.25) is 0 Å². The number of aromatic nitrogens is 4. The first-order valence-electron chi connectivity index (χ1n) is 8.64. The van der Waals surface area contributed by atoms with E-state index in [4.69, 9.17) is 5.11 Å². The summed E-state index contributed by atoms with van der Waals surface area (Å²) in [6.07, 6.45) is 0. The molecule has 0 atom stereocenters. The van der Waals surface area contributed by atoms with E-state index in [0.29, 0.717) is 10.8 Å². The molecule has 0 radical (unpaired) electrons. The molecule has 29 heavy (non-hydrogen) atoms. The number of rotatable bonds is 6. The summed E-state index contributed by atoms with van der Waals surface area (Å²) in [4.78, 5) is 23.4. The van der Waals surface area contributed by atoms with Crippen LogP contribution < -0.4 is 5.32 Å². The first-order valence-corrected chi connectivity index (χ1v) is 9.63. The van der Waals surface area contributed by atoms with E-state index in [1.165, 1.54) is 28.6 Å². The minimum atomic E-state index is -1.01. The predicted octanol–water partition coefficient (Wildman–Crippen LogP) is 3.24. The van der Waals surface area contributed by atoms with Crippen molar-refractivity contribution in [1.29, 1.82) is 0 Å². The number of hydrogen-bond donors (Lipinski definition) is 2. The van der Waals surface area contributed by atoms with Crippen molar-refractivity contribution >= 4 is 40.1 Å². The average Bonchev–Trinajstić information content (AvgIpc) is 3.21. The number of nitrogens with one attached hydrogen (secondary N) is 1. The highest BCUT2D eigenvalue weighted by Gasteiger charge is 2.13. The molecule has 0 saturated heterocycles. The van der Waals surface area contributed by atoms with Gasteiger partial charge in [-0.15, -0.1) is 5.10 Å². The van der Waals surface area contributed by atoms with Gasteiger partial charge in [0.1, 0.15) is 0 Å². The van der Waals surface area contributed by atoms with Gasteiger partial charge in [0, 0.05) is 11.1 Å². The Morgan fingerprint density at radius 1 is 1.00 bits per heavy atom. The molecule has 0 fully saturated rings. The maximum absolute atomic E-state index is 12.4. The Morgan fingerprint density at radius 3 is 2.55 bits per heavy atom. The smallest absolute Gasteiger partial charge is 0.335 e. The van der Waals surface area contributed by atoms with Crippen LogP contribution in [0.25, 0.3) is 16.5 Å². The number of nitrogens with zero attached hydrogens (tertiary/aromatic N) is 4. The SMILES string of the molecule is O=C(CSc1nnnn1-c1ccc(C(=O)O)cc1)Nc1cccc2ccccc12. The summed E-state index contributed by atoms with van der Waals surface area (Å²) in [7, 11) is 0. The topological polar surface area (TPSA) is 110 Å². The number of anilines is 1.